The van der Waals surface area contributed by atoms with Crippen LogP contribution in [0.25, 0.3) is 0 Å². The van der Waals surface area contributed by atoms with Crippen molar-refractivity contribution in [3.63, 3.8) is 0 Å². The molecule has 32 heavy (non-hydrogen) atoms. The molecule has 3 atom stereocenters. The molecule has 6 fully saturated rings. The third kappa shape index (κ3) is 3.56. The number of hydrogen-bond acceptors (Lipinski definition) is 6. The van der Waals surface area contributed by atoms with Gasteiger partial charge in [-0.05, 0) is 69.1 Å². The van der Waals surface area contributed by atoms with Gasteiger partial charge < -0.3 is 21.1 Å². The van der Waals surface area contributed by atoms with Crippen LogP contribution in [0.3, 0.4) is 0 Å². The van der Waals surface area contributed by atoms with Crippen molar-refractivity contribution in [2.24, 2.45) is 17.8 Å². The Balaban J connectivity index is 1.23. The van der Waals surface area contributed by atoms with Gasteiger partial charge in [0.15, 0.2) is 0 Å². The number of amides is 2. The minimum Gasteiger partial charge on any atom is -0.390 e. The summed E-state index contributed by atoms with van der Waals surface area (Å²) in [6, 6.07) is -0.180. The summed E-state index contributed by atoms with van der Waals surface area (Å²) in [5, 5.41) is 20.2. The molecular weight excluding hydrogens is 406 g/mol. The normalized spacial score (nSPS) is 38.2. The van der Waals surface area contributed by atoms with E-state index < -0.39 is 5.60 Å². The van der Waals surface area contributed by atoms with Crippen LogP contribution in [0.1, 0.15) is 86.2 Å². The van der Waals surface area contributed by atoms with Gasteiger partial charge in [-0.25, -0.2) is 9.97 Å². The Morgan fingerprint density at radius 3 is 2.53 bits per heavy atom. The lowest BCUT2D eigenvalue weighted by molar-refractivity contribution is -0.136. The molecule has 8 nitrogen and oxygen atoms in total. The first-order valence-electron chi connectivity index (χ1n) is 12.4. The van der Waals surface area contributed by atoms with Crippen LogP contribution in [0.4, 0.5) is 5.95 Å². The summed E-state index contributed by atoms with van der Waals surface area (Å²) >= 11 is 0. The molecule has 5 aliphatic carbocycles. The number of rotatable bonds is 5. The summed E-state index contributed by atoms with van der Waals surface area (Å²) in [4.78, 5) is 34.6. The van der Waals surface area contributed by atoms with E-state index in [1.54, 1.807) is 6.20 Å². The summed E-state index contributed by atoms with van der Waals surface area (Å²) in [6.45, 7) is 0.659. The molecule has 0 aromatic carbocycles. The number of carbonyl (C=O) groups is 2. The van der Waals surface area contributed by atoms with Crippen molar-refractivity contribution in [2.75, 3.05) is 11.9 Å². The average Bonchev–Trinajstić information content (AvgIpc) is 3.42. The Morgan fingerprint density at radius 2 is 1.88 bits per heavy atom. The highest BCUT2D eigenvalue weighted by Crippen LogP contribution is 2.55. The molecule has 1 aliphatic heterocycles. The molecule has 172 valence electrons. The molecule has 0 radical (unpaired) electrons. The number of hydrogen-bond donors (Lipinski definition) is 4. The second-order valence-electron chi connectivity index (χ2n) is 10.9. The molecule has 7 rings (SSSR count). The Bertz CT molecular complexity index is 914. The fourth-order valence-corrected chi connectivity index (χ4v) is 7.48. The minimum absolute atomic E-state index is 0.0265. The molecule has 6 aliphatic rings. The SMILES string of the molecule is O=C(NC1C2CC3CC1CC(O)(C3)C2)c1cnc(N[C@H]2CCNC2=O)nc1C1CCCC1. The lowest BCUT2D eigenvalue weighted by atomic mass is 9.52. The molecule has 8 heteroatoms. The number of aromatic nitrogens is 2. The van der Waals surface area contributed by atoms with Crippen LogP contribution in [-0.2, 0) is 4.79 Å². The molecule has 1 saturated heterocycles. The second-order valence-corrected chi connectivity index (χ2v) is 10.9. The number of anilines is 1. The summed E-state index contributed by atoms with van der Waals surface area (Å²) in [5.74, 6) is 1.93. The van der Waals surface area contributed by atoms with Crippen molar-refractivity contribution in [3.05, 3.63) is 17.5 Å². The van der Waals surface area contributed by atoms with Gasteiger partial charge >= 0.3 is 0 Å². The lowest BCUT2D eigenvalue weighted by Gasteiger charge is -2.58. The zero-order valence-corrected chi connectivity index (χ0v) is 18.5. The van der Waals surface area contributed by atoms with Gasteiger partial charge in [0, 0.05) is 24.7 Å². The van der Waals surface area contributed by atoms with E-state index in [2.05, 4.69) is 20.9 Å². The molecular formula is C24H33N5O3. The summed E-state index contributed by atoms with van der Waals surface area (Å²) in [7, 11) is 0. The van der Waals surface area contributed by atoms with E-state index in [-0.39, 0.29) is 29.8 Å². The molecule has 0 spiro atoms. The predicted octanol–water partition coefficient (Wildman–Crippen LogP) is 2.10. The van der Waals surface area contributed by atoms with Crippen LogP contribution in [0.2, 0.25) is 0 Å². The minimum atomic E-state index is -0.504. The van der Waals surface area contributed by atoms with E-state index in [0.717, 1.165) is 63.5 Å². The third-order valence-electron chi connectivity index (χ3n) is 8.70. The summed E-state index contributed by atoms with van der Waals surface area (Å²) in [5.41, 5.74) is 0.888. The lowest BCUT2D eigenvalue weighted by Crippen LogP contribution is -2.61. The largest absolute Gasteiger partial charge is 0.390 e. The van der Waals surface area contributed by atoms with Crippen LogP contribution in [0, 0.1) is 17.8 Å². The van der Waals surface area contributed by atoms with E-state index in [9.17, 15) is 14.7 Å². The Kier molecular flexibility index (Phi) is 4.89. The molecule has 4 bridgehead atoms. The smallest absolute Gasteiger partial charge is 0.254 e. The Labute approximate surface area is 188 Å². The zero-order valence-electron chi connectivity index (χ0n) is 18.5. The summed E-state index contributed by atoms with van der Waals surface area (Å²) < 4.78 is 0. The van der Waals surface area contributed by atoms with Crippen LogP contribution in [-0.4, -0.2) is 51.1 Å². The first-order valence-corrected chi connectivity index (χ1v) is 12.4. The molecule has 2 heterocycles. The first kappa shape index (κ1) is 20.4. The van der Waals surface area contributed by atoms with Crippen LogP contribution >= 0.6 is 0 Å². The van der Waals surface area contributed by atoms with Crippen molar-refractivity contribution >= 4 is 17.8 Å². The summed E-state index contributed by atoms with van der Waals surface area (Å²) in [6.07, 6.45) is 11.5. The van der Waals surface area contributed by atoms with E-state index >= 15 is 0 Å². The molecule has 2 unspecified atom stereocenters. The van der Waals surface area contributed by atoms with E-state index in [1.807, 2.05) is 0 Å². The average molecular weight is 440 g/mol. The van der Waals surface area contributed by atoms with Gasteiger partial charge in [-0.2, -0.15) is 0 Å². The van der Waals surface area contributed by atoms with Gasteiger partial charge in [0.2, 0.25) is 11.9 Å². The Morgan fingerprint density at radius 1 is 1.12 bits per heavy atom. The van der Waals surface area contributed by atoms with Gasteiger partial charge in [0.25, 0.3) is 5.91 Å². The van der Waals surface area contributed by atoms with Crippen molar-refractivity contribution in [3.8, 4) is 0 Å². The molecule has 5 saturated carbocycles. The van der Waals surface area contributed by atoms with E-state index in [0.29, 0.717) is 42.2 Å². The Hall–Kier alpha value is -2.22. The topological polar surface area (TPSA) is 116 Å². The van der Waals surface area contributed by atoms with Crippen molar-refractivity contribution < 1.29 is 14.7 Å². The fraction of sp³-hybridized carbons (Fsp3) is 0.750. The fourth-order valence-electron chi connectivity index (χ4n) is 7.48. The highest BCUT2D eigenvalue weighted by molar-refractivity contribution is 5.95. The maximum atomic E-state index is 13.5. The maximum absolute atomic E-state index is 13.5. The predicted molar refractivity (Wildman–Crippen MR) is 118 cm³/mol. The standard InChI is InChI=1S/C24H33N5O3/c30-21(28-19-15-7-13-8-16(19)11-24(32,9-13)10-15)17-12-26-23(27-18-5-6-25-22(18)31)29-20(17)14-3-1-2-4-14/h12-16,18-19,32H,1-11H2,(H,25,31)(H,28,30)(H,26,27,29)/t13?,15?,16?,18-,19?,24?/m0/s1. The number of nitrogens with one attached hydrogen (secondary N) is 3. The maximum Gasteiger partial charge on any atom is 0.254 e. The van der Waals surface area contributed by atoms with Crippen molar-refractivity contribution in [1.82, 2.24) is 20.6 Å². The van der Waals surface area contributed by atoms with Gasteiger partial charge in [-0.1, -0.05) is 12.8 Å². The third-order valence-corrected chi connectivity index (χ3v) is 8.70. The van der Waals surface area contributed by atoms with Crippen LogP contribution in [0.15, 0.2) is 6.20 Å². The van der Waals surface area contributed by atoms with Gasteiger partial charge in [-0.3, -0.25) is 9.59 Å². The molecule has 4 N–H and O–H groups in total. The quantitative estimate of drug-likeness (QED) is 0.558. The van der Waals surface area contributed by atoms with E-state index in [1.165, 1.54) is 0 Å². The second kappa shape index (κ2) is 7.68. The highest BCUT2D eigenvalue weighted by Gasteiger charge is 2.55. The van der Waals surface area contributed by atoms with Gasteiger partial charge in [0.1, 0.15) is 6.04 Å². The monoisotopic (exact) mass is 439 g/mol. The number of carbonyl (C=O) groups excluding carboxylic acids is 2. The van der Waals surface area contributed by atoms with Crippen LogP contribution in [0.5, 0.6) is 0 Å². The number of aliphatic hydroxyl groups is 1. The molecule has 1 aromatic heterocycles. The number of nitrogens with zero attached hydrogens (tertiary/aromatic N) is 2. The van der Waals surface area contributed by atoms with Gasteiger partial charge in [0.05, 0.1) is 16.9 Å². The van der Waals surface area contributed by atoms with Crippen molar-refractivity contribution in [1.29, 1.82) is 0 Å². The first-order chi connectivity index (χ1) is 15.5. The highest BCUT2D eigenvalue weighted by atomic mass is 16.3. The zero-order chi connectivity index (χ0) is 21.9. The van der Waals surface area contributed by atoms with E-state index in [4.69, 9.17) is 4.98 Å². The van der Waals surface area contributed by atoms with Gasteiger partial charge in [-0.15, -0.1) is 0 Å². The molecule has 2 amide bonds. The van der Waals surface area contributed by atoms with Crippen LogP contribution < -0.4 is 16.0 Å². The molecule has 1 aromatic rings. The van der Waals surface area contributed by atoms with Crippen molar-refractivity contribution in [2.45, 2.75) is 87.8 Å².